The molecular weight excluding hydrogens is 256 g/mol. The molecule has 0 unspecified atom stereocenters. The number of benzene rings is 1. The fourth-order valence-corrected chi connectivity index (χ4v) is 2.39. The maximum Gasteiger partial charge on any atom is 0.313 e. The predicted molar refractivity (Wildman–Crippen MR) is 75.1 cm³/mol. The summed E-state index contributed by atoms with van der Waals surface area (Å²) in [4.78, 5) is 18.2. The van der Waals surface area contributed by atoms with Crippen LogP contribution in [0.1, 0.15) is 30.7 Å². The molecule has 20 heavy (non-hydrogen) atoms. The summed E-state index contributed by atoms with van der Waals surface area (Å²) in [6.07, 6.45) is 4.87. The van der Waals surface area contributed by atoms with E-state index in [4.69, 9.17) is 5.73 Å². The van der Waals surface area contributed by atoms with Crippen LogP contribution in [0.3, 0.4) is 0 Å². The molecule has 1 fully saturated rings. The van der Waals surface area contributed by atoms with Crippen molar-refractivity contribution < 1.29 is 4.92 Å². The molecule has 1 aromatic heterocycles. The molecule has 1 aliphatic rings. The van der Waals surface area contributed by atoms with Gasteiger partial charge in [0.1, 0.15) is 6.20 Å². The first-order valence-corrected chi connectivity index (χ1v) is 6.52. The largest absolute Gasteiger partial charge is 0.368 e. The Hall–Kier alpha value is -2.50. The van der Waals surface area contributed by atoms with E-state index >= 15 is 0 Å². The van der Waals surface area contributed by atoms with Crippen LogP contribution in [0.5, 0.6) is 0 Å². The molecule has 0 aliphatic heterocycles. The summed E-state index contributed by atoms with van der Waals surface area (Å²) >= 11 is 0. The second kappa shape index (κ2) is 4.88. The van der Waals surface area contributed by atoms with Gasteiger partial charge in [0.15, 0.2) is 5.69 Å². The number of nitrogens with zero attached hydrogens (tertiary/aromatic N) is 3. The van der Waals surface area contributed by atoms with Crippen LogP contribution in [0.15, 0.2) is 30.5 Å². The molecule has 1 saturated carbocycles. The lowest BCUT2D eigenvalue weighted by Crippen LogP contribution is -2.08. The van der Waals surface area contributed by atoms with Gasteiger partial charge >= 0.3 is 5.69 Å². The zero-order chi connectivity index (χ0) is 14.1. The molecule has 0 spiro atoms. The molecule has 102 valence electrons. The van der Waals surface area contributed by atoms with Crippen LogP contribution < -0.4 is 5.73 Å². The molecular formula is C14H14N4O2. The van der Waals surface area contributed by atoms with Crippen LogP contribution in [-0.4, -0.2) is 14.9 Å². The van der Waals surface area contributed by atoms with Crippen LogP contribution in [0, 0.1) is 10.1 Å². The van der Waals surface area contributed by atoms with E-state index < -0.39 is 4.92 Å². The highest BCUT2D eigenvalue weighted by atomic mass is 16.6. The van der Waals surface area contributed by atoms with E-state index in [-0.39, 0.29) is 17.3 Å². The summed E-state index contributed by atoms with van der Waals surface area (Å²) in [6.45, 7) is 0. The van der Waals surface area contributed by atoms with Crippen molar-refractivity contribution in [3.05, 3.63) is 46.1 Å². The van der Waals surface area contributed by atoms with Crippen LogP contribution >= 0.6 is 0 Å². The average molecular weight is 270 g/mol. The number of nitrogens with two attached hydrogens (primary N) is 1. The van der Waals surface area contributed by atoms with Gasteiger partial charge in [0.05, 0.1) is 4.92 Å². The normalized spacial score (nSPS) is 14.8. The van der Waals surface area contributed by atoms with Crippen LogP contribution in [-0.2, 0) is 0 Å². The third-order valence-corrected chi connectivity index (χ3v) is 3.75. The first-order valence-electron chi connectivity index (χ1n) is 6.52. The lowest BCUT2D eigenvalue weighted by atomic mass is 9.80. The van der Waals surface area contributed by atoms with Crippen molar-refractivity contribution in [1.29, 1.82) is 0 Å². The molecule has 0 radical (unpaired) electrons. The van der Waals surface area contributed by atoms with Crippen molar-refractivity contribution in [1.82, 2.24) is 9.97 Å². The third kappa shape index (κ3) is 2.20. The van der Waals surface area contributed by atoms with Gasteiger partial charge in [-0.1, -0.05) is 30.7 Å². The summed E-state index contributed by atoms with van der Waals surface area (Å²) in [5.74, 6) is 0.670. The molecule has 6 heteroatoms. The van der Waals surface area contributed by atoms with Gasteiger partial charge in [0.2, 0.25) is 5.95 Å². The van der Waals surface area contributed by atoms with Crippen molar-refractivity contribution in [2.24, 2.45) is 0 Å². The van der Waals surface area contributed by atoms with E-state index in [1.54, 1.807) is 0 Å². The van der Waals surface area contributed by atoms with E-state index in [1.165, 1.54) is 24.8 Å². The maximum atomic E-state index is 11.0. The zero-order valence-corrected chi connectivity index (χ0v) is 10.8. The Balaban J connectivity index is 1.99. The topological polar surface area (TPSA) is 94.9 Å². The van der Waals surface area contributed by atoms with Gasteiger partial charge in [0.25, 0.3) is 0 Å². The van der Waals surface area contributed by atoms with Crippen molar-refractivity contribution in [2.75, 3.05) is 5.73 Å². The SMILES string of the molecule is Nc1ncc([N+](=O)[O-])c(-c2ccc(C3CCC3)cc2)n1. The first kappa shape index (κ1) is 12.5. The number of hydrogen-bond donors (Lipinski definition) is 1. The monoisotopic (exact) mass is 270 g/mol. The summed E-state index contributed by atoms with van der Waals surface area (Å²) in [5, 5.41) is 11.0. The Kier molecular flexibility index (Phi) is 3.06. The second-order valence-electron chi connectivity index (χ2n) is 4.97. The smallest absolute Gasteiger partial charge is 0.313 e. The number of rotatable bonds is 3. The molecule has 0 bridgehead atoms. The predicted octanol–water partition coefficient (Wildman–Crippen LogP) is 2.90. The van der Waals surface area contributed by atoms with Crippen LogP contribution in [0.25, 0.3) is 11.3 Å². The third-order valence-electron chi connectivity index (χ3n) is 3.75. The molecule has 1 heterocycles. The van der Waals surface area contributed by atoms with E-state index in [0.717, 1.165) is 6.20 Å². The standard InChI is InChI=1S/C14H14N4O2/c15-14-16-8-12(18(19)20)13(17-14)11-6-4-10(5-7-11)9-2-1-3-9/h4-9H,1-3H2,(H2,15,16,17). The van der Waals surface area contributed by atoms with Crippen LogP contribution in [0.2, 0.25) is 0 Å². The lowest BCUT2D eigenvalue weighted by molar-refractivity contribution is -0.384. The summed E-state index contributed by atoms with van der Waals surface area (Å²) < 4.78 is 0. The fraction of sp³-hybridized carbons (Fsp3) is 0.286. The van der Waals surface area contributed by atoms with E-state index in [9.17, 15) is 10.1 Å². The van der Waals surface area contributed by atoms with E-state index in [2.05, 4.69) is 9.97 Å². The van der Waals surface area contributed by atoms with E-state index in [0.29, 0.717) is 11.5 Å². The first-order chi connectivity index (χ1) is 9.65. The summed E-state index contributed by atoms with van der Waals surface area (Å²) in [6, 6.07) is 7.76. The molecule has 1 aromatic carbocycles. The Bertz CT molecular complexity index is 651. The van der Waals surface area contributed by atoms with Gasteiger partial charge in [-0.05, 0) is 24.3 Å². The average Bonchev–Trinajstić information content (AvgIpc) is 2.37. The second-order valence-corrected chi connectivity index (χ2v) is 4.97. The summed E-state index contributed by atoms with van der Waals surface area (Å²) in [7, 11) is 0. The maximum absolute atomic E-state index is 11.0. The number of anilines is 1. The van der Waals surface area contributed by atoms with Crippen molar-refractivity contribution in [2.45, 2.75) is 25.2 Å². The van der Waals surface area contributed by atoms with Gasteiger partial charge in [-0.3, -0.25) is 10.1 Å². The number of aromatic nitrogens is 2. The van der Waals surface area contributed by atoms with Gasteiger partial charge < -0.3 is 5.73 Å². The quantitative estimate of drug-likeness (QED) is 0.683. The van der Waals surface area contributed by atoms with Gasteiger partial charge in [-0.2, -0.15) is 0 Å². The molecule has 0 saturated heterocycles. The number of nitro groups is 1. The number of nitrogen functional groups attached to an aromatic ring is 1. The Morgan fingerprint density at radius 2 is 1.95 bits per heavy atom. The van der Waals surface area contributed by atoms with Crippen molar-refractivity contribution in [3.8, 4) is 11.3 Å². The molecule has 1 aliphatic carbocycles. The molecule has 0 atom stereocenters. The van der Waals surface area contributed by atoms with E-state index in [1.807, 2.05) is 24.3 Å². The lowest BCUT2D eigenvalue weighted by Gasteiger charge is -2.25. The van der Waals surface area contributed by atoms with Gasteiger partial charge in [0, 0.05) is 5.56 Å². The minimum Gasteiger partial charge on any atom is -0.368 e. The summed E-state index contributed by atoms with van der Waals surface area (Å²) in [5.41, 5.74) is 7.64. The molecule has 2 N–H and O–H groups in total. The van der Waals surface area contributed by atoms with Crippen molar-refractivity contribution in [3.63, 3.8) is 0 Å². The molecule has 2 aromatic rings. The molecule has 0 amide bonds. The molecule has 3 rings (SSSR count). The van der Waals surface area contributed by atoms with Gasteiger partial charge in [-0.25, -0.2) is 9.97 Å². The molecule has 6 nitrogen and oxygen atoms in total. The highest BCUT2D eigenvalue weighted by Crippen LogP contribution is 2.37. The Labute approximate surface area is 115 Å². The van der Waals surface area contributed by atoms with Crippen LogP contribution in [0.4, 0.5) is 11.6 Å². The highest BCUT2D eigenvalue weighted by molar-refractivity contribution is 5.70. The number of hydrogen-bond acceptors (Lipinski definition) is 5. The van der Waals surface area contributed by atoms with Crippen molar-refractivity contribution >= 4 is 11.6 Å². The fourth-order valence-electron chi connectivity index (χ4n) is 2.39. The highest BCUT2D eigenvalue weighted by Gasteiger charge is 2.21. The minimum absolute atomic E-state index is 0.0358. The Morgan fingerprint density at radius 3 is 2.50 bits per heavy atom. The minimum atomic E-state index is -0.491. The van der Waals surface area contributed by atoms with Gasteiger partial charge in [-0.15, -0.1) is 0 Å². The zero-order valence-electron chi connectivity index (χ0n) is 10.8. The Morgan fingerprint density at radius 1 is 1.25 bits per heavy atom.